The van der Waals surface area contributed by atoms with Crippen molar-refractivity contribution >= 4 is 5.90 Å². The molecule has 1 aliphatic rings. The van der Waals surface area contributed by atoms with Gasteiger partial charge in [0.05, 0.1) is 6.04 Å². The summed E-state index contributed by atoms with van der Waals surface area (Å²) in [5, 5.41) is 8.74. The minimum atomic E-state index is 0.0370. The van der Waals surface area contributed by atoms with Crippen molar-refractivity contribution in [3.63, 3.8) is 0 Å². The van der Waals surface area contributed by atoms with Gasteiger partial charge in [0.1, 0.15) is 0 Å². The van der Waals surface area contributed by atoms with Gasteiger partial charge >= 0.3 is 0 Å². The Morgan fingerprint density at radius 2 is 2.50 bits per heavy atom. The highest BCUT2D eigenvalue weighted by atomic mass is 16.3. The Labute approximate surface area is 48.2 Å². The van der Waals surface area contributed by atoms with Crippen LogP contribution in [0.4, 0.5) is 0 Å². The number of nitrogens with two attached hydrogens (primary N) is 1. The van der Waals surface area contributed by atoms with E-state index in [1.807, 2.05) is 6.92 Å². The summed E-state index contributed by atoms with van der Waals surface area (Å²) in [6.45, 7) is 1.90. The lowest BCUT2D eigenvalue weighted by Gasteiger charge is -2.03. The second-order valence-corrected chi connectivity index (χ2v) is 2.15. The zero-order valence-corrected chi connectivity index (χ0v) is 4.83. The maximum atomic E-state index is 8.74. The van der Waals surface area contributed by atoms with Crippen molar-refractivity contribution in [2.75, 3.05) is 0 Å². The molecular weight excluding hydrogens is 104 g/mol. The average Bonchev–Trinajstić information content (AvgIpc) is 1.85. The van der Waals surface area contributed by atoms with E-state index in [1.165, 1.54) is 0 Å². The Balaban J connectivity index is 2.56. The Kier molecular flexibility index (Phi) is 1.21. The Morgan fingerprint density at radius 1 is 1.88 bits per heavy atom. The topological polar surface area (TPSA) is 58.6 Å². The molecule has 0 fully saturated rings. The van der Waals surface area contributed by atoms with Crippen LogP contribution in [0, 0.1) is 0 Å². The van der Waals surface area contributed by atoms with Gasteiger partial charge in [0, 0.05) is 12.5 Å². The standard InChI is InChI=1S/C5H10N2O/c1-3-4(6)2-5(8)7-3/h3-4H,2,6H2,1H3,(H,7,8)/t3?,4-/m0/s1. The Hall–Kier alpha value is -0.570. The lowest BCUT2D eigenvalue weighted by molar-refractivity contribution is 0.534. The van der Waals surface area contributed by atoms with Crippen LogP contribution in [0.3, 0.4) is 0 Å². The second-order valence-electron chi connectivity index (χ2n) is 2.15. The van der Waals surface area contributed by atoms with Crippen molar-refractivity contribution in [3.8, 4) is 0 Å². The van der Waals surface area contributed by atoms with E-state index in [2.05, 4.69) is 4.99 Å². The first-order chi connectivity index (χ1) is 3.70. The molecule has 0 saturated heterocycles. The van der Waals surface area contributed by atoms with Gasteiger partial charge in [0.2, 0.25) is 0 Å². The molecule has 0 bridgehead atoms. The van der Waals surface area contributed by atoms with Crippen LogP contribution in [0.25, 0.3) is 0 Å². The quantitative estimate of drug-likeness (QED) is 0.468. The highest BCUT2D eigenvalue weighted by Gasteiger charge is 2.20. The van der Waals surface area contributed by atoms with Gasteiger partial charge in [-0.3, -0.25) is 4.99 Å². The van der Waals surface area contributed by atoms with E-state index >= 15 is 0 Å². The van der Waals surface area contributed by atoms with E-state index in [4.69, 9.17) is 10.8 Å². The molecule has 0 spiro atoms. The van der Waals surface area contributed by atoms with Crippen molar-refractivity contribution in [1.29, 1.82) is 0 Å². The van der Waals surface area contributed by atoms with Gasteiger partial charge in [-0.25, -0.2) is 0 Å². The summed E-state index contributed by atoms with van der Waals surface area (Å²) in [5.41, 5.74) is 5.49. The zero-order valence-electron chi connectivity index (χ0n) is 4.83. The van der Waals surface area contributed by atoms with Crippen LogP contribution in [0.2, 0.25) is 0 Å². The molecular formula is C5H10N2O. The molecule has 0 amide bonds. The highest BCUT2D eigenvalue weighted by molar-refractivity contribution is 5.76. The van der Waals surface area contributed by atoms with E-state index in [0.29, 0.717) is 6.42 Å². The predicted octanol–water partition coefficient (Wildman–Crippen LogP) is 0.0624. The largest absolute Gasteiger partial charge is 0.497 e. The summed E-state index contributed by atoms with van der Waals surface area (Å²) < 4.78 is 0. The van der Waals surface area contributed by atoms with E-state index in [0.717, 1.165) is 0 Å². The third-order valence-corrected chi connectivity index (χ3v) is 1.39. The van der Waals surface area contributed by atoms with Gasteiger partial charge < -0.3 is 10.8 Å². The molecule has 0 aromatic rings. The van der Waals surface area contributed by atoms with E-state index in [1.54, 1.807) is 0 Å². The fourth-order valence-electron chi connectivity index (χ4n) is 0.765. The number of hydrogen-bond acceptors (Lipinski definition) is 2. The summed E-state index contributed by atoms with van der Waals surface area (Å²) in [4.78, 5) is 3.82. The highest BCUT2D eigenvalue weighted by Crippen LogP contribution is 2.08. The van der Waals surface area contributed by atoms with Crippen molar-refractivity contribution in [2.45, 2.75) is 25.4 Å². The first kappa shape index (κ1) is 5.56. The third-order valence-electron chi connectivity index (χ3n) is 1.39. The summed E-state index contributed by atoms with van der Waals surface area (Å²) in [6, 6.07) is 0.144. The molecule has 1 heterocycles. The molecule has 1 unspecified atom stereocenters. The van der Waals surface area contributed by atoms with E-state index in [9.17, 15) is 0 Å². The minimum absolute atomic E-state index is 0.0370. The molecule has 1 aliphatic heterocycles. The van der Waals surface area contributed by atoms with Gasteiger partial charge in [-0.1, -0.05) is 0 Å². The number of aliphatic hydroxyl groups excluding tert-OH is 1. The monoisotopic (exact) mass is 114 g/mol. The van der Waals surface area contributed by atoms with Crippen LogP contribution in [0.15, 0.2) is 4.99 Å². The predicted molar refractivity (Wildman–Crippen MR) is 32.1 cm³/mol. The molecule has 2 atom stereocenters. The molecule has 8 heavy (non-hydrogen) atoms. The first-order valence-electron chi connectivity index (χ1n) is 2.71. The van der Waals surface area contributed by atoms with E-state index < -0.39 is 0 Å². The fraction of sp³-hybridized carbons (Fsp3) is 0.800. The molecule has 1 rings (SSSR count). The molecule has 3 heteroatoms. The van der Waals surface area contributed by atoms with Gasteiger partial charge in [-0.05, 0) is 6.92 Å². The molecule has 0 aliphatic carbocycles. The van der Waals surface area contributed by atoms with Crippen LogP contribution in [0.1, 0.15) is 13.3 Å². The van der Waals surface area contributed by atoms with Crippen LogP contribution < -0.4 is 5.73 Å². The third kappa shape index (κ3) is 0.816. The van der Waals surface area contributed by atoms with Gasteiger partial charge in [0.15, 0.2) is 5.90 Å². The maximum Gasteiger partial charge on any atom is 0.182 e. The van der Waals surface area contributed by atoms with E-state index in [-0.39, 0.29) is 18.0 Å². The van der Waals surface area contributed by atoms with Crippen molar-refractivity contribution < 1.29 is 5.11 Å². The lowest BCUT2D eigenvalue weighted by atomic mass is 10.1. The molecule has 3 N–H and O–H groups in total. The minimum Gasteiger partial charge on any atom is -0.497 e. The van der Waals surface area contributed by atoms with Gasteiger partial charge in [-0.2, -0.15) is 0 Å². The number of hydrogen-bond donors (Lipinski definition) is 2. The van der Waals surface area contributed by atoms with Crippen molar-refractivity contribution in [1.82, 2.24) is 0 Å². The molecule has 0 aromatic heterocycles. The molecule has 0 radical (unpaired) electrons. The normalized spacial score (nSPS) is 37.5. The molecule has 0 saturated carbocycles. The summed E-state index contributed by atoms with van der Waals surface area (Å²) in [7, 11) is 0. The molecule has 0 aromatic carbocycles. The zero-order chi connectivity index (χ0) is 6.15. The van der Waals surface area contributed by atoms with Crippen LogP contribution >= 0.6 is 0 Å². The molecule has 3 nitrogen and oxygen atoms in total. The van der Waals surface area contributed by atoms with Crippen molar-refractivity contribution in [3.05, 3.63) is 0 Å². The van der Waals surface area contributed by atoms with Crippen LogP contribution in [0.5, 0.6) is 0 Å². The smallest absolute Gasteiger partial charge is 0.182 e. The first-order valence-corrected chi connectivity index (χ1v) is 2.71. The second kappa shape index (κ2) is 1.74. The van der Waals surface area contributed by atoms with Gasteiger partial charge in [0.25, 0.3) is 0 Å². The number of nitrogens with zero attached hydrogens (tertiary/aromatic N) is 1. The van der Waals surface area contributed by atoms with Crippen LogP contribution in [-0.4, -0.2) is 23.1 Å². The number of rotatable bonds is 0. The maximum absolute atomic E-state index is 8.74. The Morgan fingerprint density at radius 3 is 2.62 bits per heavy atom. The summed E-state index contributed by atoms with van der Waals surface area (Å²) in [5.74, 6) is 0.199. The Bertz CT molecular complexity index is 122. The van der Waals surface area contributed by atoms with Crippen LogP contribution in [-0.2, 0) is 0 Å². The lowest BCUT2D eigenvalue weighted by Crippen LogP contribution is -2.27. The summed E-state index contributed by atoms with van der Waals surface area (Å²) >= 11 is 0. The number of aliphatic imine (C=N–C) groups is 1. The average molecular weight is 114 g/mol. The van der Waals surface area contributed by atoms with Crippen molar-refractivity contribution in [2.24, 2.45) is 10.7 Å². The summed E-state index contributed by atoms with van der Waals surface area (Å²) in [6.07, 6.45) is 0.543. The van der Waals surface area contributed by atoms with Gasteiger partial charge in [-0.15, -0.1) is 0 Å². The fourth-order valence-corrected chi connectivity index (χ4v) is 0.765. The number of aliphatic hydroxyl groups is 1. The molecule has 46 valence electrons. The SMILES string of the molecule is CC1N=C(O)C[C@@H]1N.